The van der Waals surface area contributed by atoms with Gasteiger partial charge in [-0.05, 0) is 12.1 Å². The summed E-state index contributed by atoms with van der Waals surface area (Å²) in [4.78, 5) is 21.7. The van der Waals surface area contributed by atoms with Gasteiger partial charge >= 0.3 is 0 Å². The van der Waals surface area contributed by atoms with Crippen molar-refractivity contribution in [3.05, 3.63) is 45.2 Å². The molecule has 0 aliphatic rings. The van der Waals surface area contributed by atoms with Crippen molar-refractivity contribution in [1.82, 2.24) is 10.2 Å². The molecule has 9 heteroatoms. The molecule has 0 bridgehead atoms. The Morgan fingerprint density at radius 3 is 2.89 bits per heavy atom. The highest BCUT2D eigenvalue weighted by Crippen LogP contribution is 2.21. The monoisotopic (exact) mass is 268 g/mol. The minimum atomic E-state index is -0.807. The second kappa shape index (κ2) is 4.84. The van der Waals surface area contributed by atoms with Crippen molar-refractivity contribution in [2.75, 3.05) is 5.32 Å². The number of nitrogens with one attached hydrogen (secondary N) is 1. The number of halogens is 1. The Morgan fingerprint density at radius 2 is 2.28 bits per heavy atom. The molecule has 0 aliphatic carbocycles. The summed E-state index contributed by atoms with van der Waals surface area (Å²) in [7, 11) is 0. The van der Waals surface area contributed by atoms with Gasteiger partial charge in [-0.2, -0.15) is 0 Å². The first-order chi connectivity index (χ1) is 8.58. The van der Waals surface area contributed by atoms with Crippen molar-refractivity contribution < 1.29 is 14.1 Å². The van der Waals surface area contributed by atoms with E-state index in [1.807, 2.05) is 0 Å². The molecule has 0 radical (unpaired) electrons. The van der Waals surface area contributed by atoms with E-state index >= 15 is 0 Å². The molecule has 2 aromatic rings. The van der Waals surface area contributed by atoms with Crippen LogP contribution in [0.3, 0.4) is 0 Å². The van der Waals surface area contributed by atoms with E-state index in [1.54, 1.807) is 0 Å². The van der Waals surface area contributed by atoms with Gasteiger partial charge in [-0.25, -0.2) is 4.39 Å². The molecule has 1 aromatic heterocycles. The van der Waals surface area contributed by atoms with E-state index in [1.165, 1.54) is 5.51 Å². The van der Waals surface area contributed by atoms with Gasteiger partial charge in [0.15, 0.2) is 0 Å². The lowest BCUT2D eigenvalue weighted by atomic mass is 10.1. The van der Waals surface area contributed by atoms with Gasteiger partial charge in [-0.15, -0.1) is 10.2 Å². The largest absolute Gasteiger partial charge is 0.296 e. The fourth-order valence-corrected chi connectivity index (χ4v) is 1.68. The first-order valence-electron chi connectivity index (χ1n) is 4.59. The van der Waals surface area contributed by atoms with E-state index in [0.717, 1.165) is 29.5 Å². The van der Waals surface area contributed by atoms with Crippen LogP contribution >= 0.6 is 11.3 Å². The quantitative estimate of drug-likeness (QED) is 0.676. The van der Waals surface area contributed by atoms with Gasteiger partial charge in [0.05, 0.1) is 4.92 Å². The summed E-state index contributed by atoms with van der Waals surface area (Å²) in [6.07, 6.45) is 0. The fourth-order valence-electron chi connectivity index (χ4n) is 1.24. The lowest BCUT2D eigenvalue weighted by Crippen LogP contribution is -2.14. The number of anilines is 1. The summed E-state index contributed by atoms with van der Waals surface area (Å²) in [5.41, 5.74) is 0.545. The van der Waals surface area contributed by atoms with E-state index in [4.69, 9.17) is 0 Å². The number of hydrogen-bond acceptors (Lipinski definition) is 6. The van der Waals surface area contributed by atoms with Gasteiger partial charge in [0.1, 0.15) is 16.9 Å². The Labute approximate surface area is 103 Å². The average molecular weight is 268 g/mol. The van der Waals surface area contributed by atoms with E-state index in [0.29, 0.717) is 0 Å². The zero-order valence-corrected chi connectivity index (χ0v) is 9.48. The topological polar surface area (TPSA) is 98.0 Å². The van der Waals surface area contributed by atoms with Crippen LogP contribution in [0, 0.1) is 15.9 Å². The molecule has 2 rings (SSSR count). The molecule has 0 spiro atoms. The SMILES string of the molecule is O=C(Nc1nncs1)c1cc(F)ccc1[N+](=O)[O-]. The minimum Gasteiger partial charge on any atom is -0.296 e. The third kappa shape index (κ3) is 2.46. The van der Waals surface area contributed by atoms with E-state index in [2.05, 4.69) is 15.5 Å². The normalized spacial score (nSPS) is 10.1. The Morgan fingerprint density at radius 1 is 1.50 bits per heavy atom. The Balaban J connectivity index is 2.34. The second-order valence-electron chi connectivity index (χ2n) is 3.12. The van der Waals surface area contributed by atoms with Crippen molar-refractivity contribution in [1.29, 1.82) is 0 Å². The molecule has 0 aliphatic heterocycles. The number of carbonyl (C=O) groups excluding carboxylic acids is 1. The summed E-state index contributed by atoms with van der Waals surface area (Å²) in [5, 5.41) is 20.2. The first-order valence-corrected chi connectivity index (χ1v) is 5.47. The maximum absolute atomic E-state index is 13.0. The molecule has 0 saturated heterocycles. The maximum Gasteiger partial charge on any atom is 0.282 e. The predicted molar refractivity (Wildman–Crippen MR) is 60.9 cm³/mol. The van der Waals surface area contributed by atoms with Crippen LogP contribution in [-0.2, 0) is 0 Å². The molecule has 7 nitrogen and oxygen atoms in total. The van der Waals surface area contributed by atoms with Crippen molar-refractivity contribution in [3.63, 3.8) is 0 Å². The highest BCUT2D eigenvalue weighted by Gasteiger charge is 2.21. The van der Waals surface area contributed by atoms with Crippen molar-refractivity contribution in [2.24, 2.45) is 0 Å². The summed E-state index contributed by atoms with van der Waals surface area (Å²) in [6, 6.07) is 2.65. The average Bonchev–Trinajstić information content (AvgIpc) is 2.81. The molecule has 0 unspecified atom stereocenters. The van der Waals surface area contributed by atoms with Gasteiger partial charge < -0.3 is 0 Å². The van der Waals surface area contributed by atoms with Gasteiger partial charge in [0, 0.05) is 6.07 Å². The van der Waals surface area contributed by atoms with Gasteiger partial charge in [0.25, 0.3) is 11.6 Å². The zero-order chi connectivity index (χ0) is 13.1. The van der Waals surface area contributed by atoms with Crippen LogP contribution in [0.4, 0.5) is 15.2 Å². The second-order valence-corrected chi connectivity index (χ2v) is 3.95. The number of hydrogen-bond donors (Lipinski definition) is 1. The molecule has 1 aromatic carbocycles. The number of nitro groups is 1. The molecule has 1 N–H and O–H groups in total. The minimum absolute atomic E-state index is 0.179. The number of benzene rings is 1. The lowest BCUT2D eigenvalue weighted by Gasteiger charge is -2.02. The number of rotatable bonds is 3. The Hall–Kier alpha value is -2.42. The standard InChI is InChI=1S/C9H5FN4O3S/c10-5-1-2-7(14(16)17)6(3-5)8(15)12-9-13-11-4-18-9/h1-4H,(H,12,13,15). The number of nitrogens with zero attached hydrogens (tertiary/aromatic N) is 3. The number of carbonyl (C=O) groups is 1. The lowest BCUT2D eigenvalue weighted by molar-refractivity contribution is -0.385. The first kappa shape index (κ1) is 12.0. The highest BCUT2D eigenvalue weighted by molar-refractivity contribution is 7.13. The fraction of sp³-hybridized carbons (Fsp3) is 0. The van der Waals surface area contributed by atoms with E-state index in [-0.39, 0.29) is 10.7 Å². The highest BCUT2D eigenvalue weighted by atomic mass is 32.1. The third-order valence-corrected chi connectivity index (χ3v) is 2.59. The van der Waals surface area contributed by atoms with Crippen LogP contribution < -0.4 is 5.32 Å². The summed E-state index contributed by atoms with van der Waals surface area (Å²) >= 11 is 1.05. The van der Waals surface area contributed by atoms with E-state index in [9.17, 15) is 19.3 Å². The molecule has 1 amide bonds. The molecule has 0 saturated carbocycles. The van der Waals surface area contributed by atoms with Crippen molar-refractivity contribution in [3.8, 4) is 0 Å². The van der Waals surface area contributed by atoms with Crippen molar-refractivity contribution in [2.45, 2.75) is 0 Å². The molecule has 92 valence electrons. The van der Waals surface area contributed by atoms with Crippen LogP contribution in [0.25, 0.3) is 0 Å². The number of nitro benzene ring substituents is 1. The van der Waals surface area contributed by atoms with E-state index < -0.39 is 22.3 Å². The molecular formula is C9H5FN4O3S. The van der Waals surface area contributed by atoms with Crippen LogP contribution in [0.2, 0.25) is 0 Å². The zero-order valence-electron chi connectivity index (χ0n) is 8.66. The molecule has 1 heterocycles. The summed E-state index contributed by atoms with van der Waals surface area (Å²) in [5.74, 6) is -1.54. The third-order valence-electron chi connectivity index (χ3n) is 1.98. The number of aromatic nitrogens is 2. The van der Waals surface area contributed by atoms with Crippen LogP contribution in [0.15, 0.2) is 23.7 Å². The maximum atomic E-state index is 13.0. The molecule has 18 heavy (non-hydrogen) atoms. The Bertz CT molecular complexity index is 602. The van der Waals surface area contributed by atoms with Crippen LogP contribution in [-0.4, -0.2) is 21.0 Å². The summed E-state index contributed by atoms with van der Waals surface area (Å²) in [6.45, 7) is 0. The molecule has 0 fully saturated rings. The van der Waals surface area contributed by atoms with Crippen LogP contribution in [0.5, 0.6) is 0 Å². The smallest absolute Gasteiger partial charge is 0.282 e. The van der Waals surface area contributed by atoms with Crippen LogP contribution in [0.1, 0.15) is 10.4 Å². The molecular weight excluding hydrogens is 263 g/mol. The van der Waals surface area contributed by atoms with Gasteiger partial charge in [-0.1, -0.05) is 11.3 Å². The molecule has 0 atom stereocenters. The van der Waals surface area contributed by atoms with Gasteiger partial charge in [-0.3, -0.25) is 20.2 Å². The van der Waals surface area contributed by atoms with Crippen molar-refractivity contribution >= 4 is 28.1 Å². The Kier molecular flexibility index (Phi) is 3.24. The summed E-state index contributed by atoms with van der Waals surface area (Å²) < 4.78 is 13.0. The van der Waals surface area contributed by atoms with Gasteiger partial charge in [0.2, 0.25) is 5.13 Å². The number of amides is 1. The predicted octanol–water partition coefficient (Wildman–Crippen LogP) is 1.84.